The number of methoxy groups -OCH3 is 1. The van der Waals surface area contributed by atoms with Gasteiger partial charge < -0.3 is 4.74 Å². The minimum atomic E-state index is -0.118. The summed E-state index contributed by atoms with van der Waals surface area (Å²) in [6, 6.07) is 5.86. The lowest BCUT2D eigenvalue weighted by Gasteiger charge is -2.38. The van der Waals surface area contributed by atoms with Crippen LogP contribution in [0.5, 0.6) is 0 Å². The van der Waals surface area contributed by atoms with Crippen molar-refractivity contribution in [1.29, 1.82) is 0 Å². The molecule has 0 spiro atoms. The van der Waals surface area contributed by atoms with Gasteiger partial charge in [0.1, 0.15) is 6.04 Å². The van der Waals surface area contributed by atoms with Gasteiger partial charge in [0.05, 0.1) is 7.11 Å². The molecular formula is C12H16N2O2. The fourth-order valence-electron chi connectivity index (χ4n) is 1.92. The van der Waals surface area contributed by atoms with Crippen molar-refractivity contribution in [2.45, 2.75) is 18.9 Å². The number of esters is 1. The average molecular weight is 220 g/mol. The van der Waals surface area contributed by atoms with Gasteiger partial charge in [-0.15, -0.1) is 0 Å². The van der Waals surface area contributed by atoms with E-state index in [0.717, 1.165) is 31.6 Å². The summed E-state index contributed by atoms with van der Waals surface area (Å²) in [5.74, 6) is -0.118. The molecule has 2 rings (SSSR count). The van der Waals surface area contributed by atoms with Crippen molar-refractivity contribution in [3.8, 4) is 0 Å². The second-order valence-corrected chi connectivity index (χ2v) is 3.93. The molecule has 0 N–H and O–H groups in total. The second-order valence-electron chi connectivity index (χ2n) is 3.93. The molecule has 0 aliphatic carbocycles. The van der Waals surface area contributed by atoms with E-state index in [9.17, 15) is 4.79 Å². The first kappa shape index (κ1) is 11.1. The Balaban J connectivity index is 1.81. The van der Waals surface area contributed by atoms with Gasteiger partial charge in [-0.1, -0.05) is 6.07 Å². The van der Waals surface area contributed by atoms with Crippen molar-refractivity contribution >= 4 is 5.97 Å². The van der Waals surface area contributed by atoms with Crippen LogP contribution < -0.4 is 0 Å². The summed E-state index contributed by atoms with van der Waals surface area (Å²) in [5, 5.41) is 0. The maximum atomic E-state index is 11.3. The fraction of sp³-hybridized carbons (Fsp3) is 0.500. The van der Waals surface area contributed by atoms with Gasteiger partial charge in [0.15, 0.2) is 0 Å². The Kier molecular flexibility index (Phi) is 3.51. The van der Waals surface area contributed by atoms with Gasteiger partial charge in [-0.2, -0.15) is 0 Å². The van der Waals surface area contributed by atoms with E-state index in [1.807, 2.05) is 18.2 Å². The third-order valence-electron chi connectivity index (χ3n) is 2.99. The van der Waals surface area contributed by atoms with Crippen molar-refractivity contribution < 1.29 is 9.53 Å². The summed E-state index contributed by atoms with van der Waals surface area (Å²) in [7, 11) is 1.44. The number of nitrogens with zero attached hydrogens (tertiary/aromatic N) is 2. The number of likely N-dealkylation sites (tertiary alicyclic amines) is 1. The quantitative estimate of drug-likeness (QED) is 0.706. The van der Waals surface area contributed by atoms with E-state index < -0.39 is 0 Å². The van der Waals surface area contributed by atoms with Crippen LogP contribution in [0.4, 0.5) is 0 Å². The normalized spacial score (nSPS) is 20.2. The zero-order valence-electron chi connectivity index (χ0n) is 9.43. The fourth-order valence-corrected chi connectivity index (χ4v) is 1.92. The standard InChI is InChI=1S/C12H16N2O2/c1-16-12(15)11-6-9-14(11)8-5-10-4-2-3-7-13-10/h2-4,7,11H,5-6,8-9H2,1H3. The first-order valence-electron chi connectivity index (χ1n) is 5.53. The van der Waals surface area contributed by atoms with E-state index in [-0.39, 0.29) is 12.0 Å². The van der Waals surface area contributed by atoms with E-state index in [2.05, 4.69) is 9.88 Å². The van der Waals surface area contributed by atoms with Crippen LogP contribution in [-0.2, 0) is 16.0 Å². The summed E-state index contributed by atoms with van der Waals surface area (Å²) in [4.78, 5) is 17.7. The molecule has 1 fully saturated rings. The van der Waals surface area contributed by atoms with Crippen LogP contribution in [0.1, 0.15) is 12.1 Å². The van der Waals surface area contributed by atoms with Crippen molar-refractivity contribution in [3.05, 3.63) is 30.1 Å². The molecule has 0 amide bonds. The first-order chi connectivity index (χ1) is 7.81. The summed E-state index contributed by atoms with van der Waals surface area (Å²) in [5.41, 5.74) is 1.07. The lowest BCUT2D eigenvalue weighted by molar-refractivity contribution is -0.151. The third kappa shape index (κ3) is 2.39. The molecule has 1 saturated heterocycles. The maximum Gasteiger partial charge on any atom is 0.323 e. The highest BCUT2D eigenvalue weighted by atomic mass is 16.5. The lowest BCUT2D eigenvalue weighted by atomic mass is 10.0. The number of carbonyl (C=O) groups excluding carboxylic acids is 1. The summed E-state index contributed by atoms with van der Waals surface area (Å²) in [6.07, 6.45) is 3.59. The topological polar surface area (TPSA) is 42.4 Å². The number of carbonyl (C=O) groups is 1. The van der Waals surface area contributed by atoms with Crippen molar-refractivity contribution in [2.75, 3.05) is 20.2 Å². The monoisotopic (exact) mass is 220 g/mol. The Bertz CT molecular complexity index is 353. The van der Waals surface area contributed by atoms with Crippen LogP contribution in [0, 0.1) is 0 Å². The van der Waals surface area contributed by atoms with Crippen LogP contribution in [-0.4, -0.2) is 42.1 Å². The van der Waals surface area contributed by atoms with Crippen molar-refractivity contribution in [2.24, 2.45) is 0 Å². The molecule has 16 heavy (non-hydrogen) atoms. The molecule has 1 aliphatic rings. The number of rotatable bonds is 4. The lowest BCUT2D eigenvalue weighted by Crippen LogP contribution is -2.53. The number of ether oxygens (including phenoxy) is 1. The number of hydrogen-bond acceptors (Lipinski definition) is 4. The Labute approximate surface area is 95.2 Å². The average Bonchev–Trinajstić information content (AvgIpc) is 2.29. The molecule has 1 aromatic heterocycles. The van der Waals surface area contributed by atoms with Gasteiger partial charge in [-0.05, 0) is 18.6 Å². The highest BCUT2D eigenvalue weighted by Gasteiger charge is 2.34. The van der Waals surface area contributed by atoms with Crippen LogP contribution >= 0.6 is 0 Å². The molecule has 1 aliphatic heterocycles. The minimum absolute atomic E-state index is 0.0336. The highest BCUT2D eigenvalue weighted by molar-refractivity contribution is 5.76. The van der Waals surface area contributed by atoms with Gasteiger partial charge in [0, 0.05) is 31.4 Å². The molecule has 2 heterocycles. The predicted molar refractivity (Wildman–Crippen MR) is 59.9 cm³/mol. The van der Waals surface area contributed by atoms with Gasteiger partial charge >= 0.3 is 5.97 Å². The smallest absolute Gasteiger partial charge is 0.323 e. The Morgan fingerprint density at radius 1 is 1.62 bits per heavy atom. The Morgan fingerprint density at radius 2 is 2.50 bits per heavy atom. The molecule has 86 valence electrons. The Hall–Kier alpha value is -1.42. The highest BCUT2D eigenvalue weighted by Crippen LogP contribution is 2.18. The van der Waals surface area contributed by atoms with Gasteiger partial charge in [0.25, 0.3) is 0 Å². The van der Waals surface area contributed by atoms with Gasteiger partial charge in [-0.25, -0.2) is 0 Å². The largest absolute Gasteiger partial charge is 0.468 e. The van der Waals surface area contributed by atoms with Crippen LogP contribution in [0.25, 0.3) is 0 Å². The minimum Gasteiger partial charge on any atom is -0.468 e. The molecule has 1 atom stereocenters. The maximum absolute atomic E-state index is 11.3. The van der Waals surface area contributed by atoms with E-state index in [1.165, 1.54) is 7.11 Å². The van der Waals surface area contributed by atoms with Gasteiger partial charge in [0.2, 0.25) is 0 Å². The van der Waals surface area contributed by atoms with E-state index >= 15 is 0 Å². The van der Waals surface area contributed by atoms with Crippen LogP contribution in [0.15, 0.2) is 24.4 Å². The molecular weight excluding hydrogens is 204 g/mol. The number of aromatic nitrogens is 1. The first-order valence-corrected chi connectivity index (χ1v) is 5.53. The molecule has 1 unspecified atom stereocenters. The molecule has 0 saturated carbocycles. The molecule has 1 aromatic rings. The van der Waals surface area contributed by atoms with Crippen LogP contribution in [0.2, 0.25) is 0 Å². The van der Waals surface area contributed by atoms with Crippen molar-refractivity contribution in [3.63, 3.8) is 0 Å². The van der Waals surface area contributed by atoms with E-state index in [0.29, 0.717) is 0 Å². The van der Waals surface area contributed by atoms with E-state index in [4.69, 9.17) is 4.74 Å². The molecule has 0 radical (unpaired) electrons. The zero-order valence-corrected chi connectivity index (χ0v) is 9.43. The number of hydrogen-bond donors (Lipinski definition) is 0. The molecule has 0 aromatic carbocycles. The summed E-state index contributed by atoms with van der Waals surface area (Å²) < 4.78 is 4.74. The molecule has 4 nitrogen and oxygen atoms in total. The van der Waals surface area contributed by atoms with Crippen molar-refractivity contribution in [1.82, 2.24) is 9.88 Å². The second kappa shape index (κ2) is 5.07. The molecule has 0 bridgehead atoms. The zero-order chi connectivity index (χ0) is 11.4. The Morgan fingerprint density at radius 3 is 3.06 bits per heavy atom. The SMILES string of the molecule is COC(=O)C1CCN1CCc1ccccn1. The predicted octanol–water partition coefficient (Wildman–Crippen LogP) is 0.871. The summed E-state index contributed by atoms with van der Waals surface area (Å²) >= 11 is 0. The number of pyridine rings is 1. The third-order valence-corrected chi connectivity index (χ3v) is 2.99. The van der Waals surface area contributed by atoms with E-state index in [1.54, 1.807) is 6.20 Å². The summed E-state index contributed by atoms with van der Waals surface area (Å²) in [6.45, 7) is 1.85. The molecule has 4 heteroatoms. The van der Waals surface area contributed by atoms with Crippen LogP contribution in [0.3, 0.4) is 0 Å². The van der Waals surface area contributed by atoms with Gasteiger partial charge in [-0.3, -0.25) is 14.7 Å².